The summed E-state index contributed by atoms with van der Waals surface area (Å²) in [5.74, 6) is -1.79. The highest BCUT2D eigenvalue weighted by atomic mass is 19.2. The van der Waals surface area contributed by atoms with Gasteiger partial charge in [0.1, 0.15) is 11.5 Å². The van der Waals surface area contributed by atoms with Gasteiger partial charge in [-0.05, 0) is 43.2 Å². The minimum atomic E-state index is -0.923. The highest BCUT2D eigenvalue weighted by Gasteiger charge is 2.35. The van der Waals surface area contributed by atoms with Crippen LogP contribution in [-0.4, -0.2) is 65.9 Å². The van der Waals surface area contributed by atoms with E-state index in [1.54, 1.807) is 24.8 Å². The van der Waals surface area contributed by atoms with Crippen LogP contribution in [0.5, 0.6) is 0 Å². The molecule has 202 valence electrons. The van der Waals surface area contributed by atoms with E-state index in [1.165, 1.54) is 6.07 Å². The van der Waals surface area contributed by atoms with Crippen molar-refractivity contribution in [3.05, 3.63) is 77.0 Å². The molecule has 2 atom stereocenters. The third kappa shape index (κ3) is 6.08. The average Bonchev–Trinajstić information content (AvgIpc) is 3.45. The van der Waals surface area contributed by atoms with E-state index in [0.717, 1.165) is 6.07 Å². The van der Waals surface area contributed by atoms with Crippen molar-refractivity contribution in [2.24, 2.45) is 0 Å². The van der Waals surface area contributed by atoms with Gasteiger partial charge in [-0.15, -0.1) is 0 Å². The first-order valence-corrected chi connectivity index (χ1v) is 12.7. The number of halogens is 2. The molecule has 4 rings (SSSR count). The summed E-state index contributed by atoms with van der Waals surface area (Å²) in [5.41, 5.74) is 2.20. The molecule has 8 nitrogen and oxygen atoms in total. The van der Waals surface area contributed by atoms with E-state index >= 15 is 0 Å². The zero-order chi connectivity index (χ0) is 27.2. The summed E-state index contributed by atoms with van der Waals surface area (Å²) in [6, 6.07) is 12.2. The number of hydrogen-bond acceptors (Lipinski definition) is 5. The maximum absolute atomic E-state index is 14.0. The van der Waals surface area contributed by atoms with Crippen LogP contribution in [0, 0.1) is 18.6 Å². The van der Waals surface area contributed by atoms with E-state index in [0.29, 0.717) is 67.4 Å². The van der Waals surface area contributed by atoms with Gasteiger partial charge >= 0.3 is 6.03 Å². The van der Waals surface area contributed by atoms with Crippen molar-refractivity contribution in [3.8, 4) is 5.69 Å². The van der Waals surface area contributed by atoms with Crippen LogP contribution in [0.25, 0.3) is 5.69 Å². The number of nitrogens with one attached hydrogen (secondary N) is 2. The molecule has 1 aliphatic heterocycles. The standard InChI is InChI=1S/C28H33F2N5O3/c1-4-8-25(36)26-18(2)27(35(33-26)20-9-6-5-7-10-20)32-28(37)31-24-17-34(13-14-38-3)16-21(24)19-11-12-22(29)23(30)15-19/h5-7,9-12,15,21,24H,4,8,13-14,16-17H2,1-3H3,(H2,31,32,37)/t21-,24+/m0/s1. The van der Waals surface area contributed by atoms with E-state index in [4.69, 9.17) is 4.74 Å². The lowest BCUT2D eigenvalue weighted by atomic mass is 9.94. The van der Waals surface area contributed by atoms with Crippen molar-refractivity contribution in [3.63, 3.8) is 0 Å². The van der Waals surface area contributed by atoms with Crippen LogP contribution in [0.1, 0.15) is 47.3 Å². The lowest BCUT2D eigenvalue weighted by molar-refractivity contribution is 0.0976. The third-order valence-corrected chi connectivity index (χ3v) is 6.79. The predicted molar refractivity (Wildman–Crippen MR) is 141 cm³/mol. The second-order valence-electron chi connectivity index (χ2n) is 9.48. The summed E-state index contributed by atoms with van der Waals surface area (Å²) in [5, 5.41) is 10.4. The second-order valence-corrected chi connectivity index (χ2v) is 9.48. The molecule has 0 spiro atoms. The van der Waals surface area contributed by atoms with Gasteiger partial charge in [0.15, 0.2) is 17.4 Å². The van der Waals surface area contributed by atoms with Crippen LogP contribution in [-0.2, 0) is 4.74 Å². The lowest BCUT2D eigenvalue weighted by Crippen LogP contribution is -2.42. The summed E-state index contributed by atoms with van der Waals surface area (Å²) in [6.07, 6.45) is 1.04. The molecule has 1 saturated heterocycles. The van der Waals surface area contributed by atoms with Gasteiger partial charge in [0.05, 0.1) is 18.3 Å². The first-order valence-electron chi connectivity index (χ1n) is 12.7. The van der Waals surface area contributed by atoms with E-state index in [9.17, 15) is 18.4 Å². The van der Waals surface area contributed by atoms with Gasteiger partial charge < -0.3 is 10.1 Å². The Hall–Kier alpha value is -3.63. The van der Waals surface area contributed by atoms with Crippen LogP contribution in [0.3, 0.4) is 0 Å². The molecule has 1 aromatic heterocycles. The van der Waals surface area contributed by atoms with Crippen molar-refractivity contribution < 1.29 is 23.1 Å². The highest BCUT2D eigenvalue weighted by molar-refractivity contribution is 5.98. The fraction of sp³-hybridized carbons (Fsp3) is 0.393. The number of para-hydroxylation sites is 1. The zero-order valence-corrected chi connectivity index (χ0v) is 21.8. The zero-order valence-electron chi connectivity index (χ0n) is 21.8. The molecule has 0 bridgehead atoms. The van der Waals surface area contributed by atoms with Gasteiger partial charge in [-0.2, -0.15) is 5.10 Å². The van der Waals surface area contributed by atoms with Crippen LogP contribution in [0.4, 0.5) is 19.4 Å². The normalized spacial score (nSPS) is 17.5. The predicted octanol–water partition coefficient (Wildman–Crippen LogP) is 4.68. The first kappa shape index (κ1) is 27.4. The van der Waals surface area contributed by atoms with E-state index < -0.39 is 17.7 Å². The van der Waals surface area contributed by atoms with Crippen molar-refractivity contribution >= 4 is 17.6 Å². The molecule has 0 saturated carbocycles. The number of carbonyl (C=O) groups is 2. The minimum Gasteiger partial charge on any atom is -0.383 e. The molecular weight excluding hydrogens is 492 g/mol. The number of likely N-dealkylation sites (tertiary alicyclic amines) is 1. The third-order valence-electron chi connectivity index (χ3n) is 6.79. The Balaban J connectivity index is 1.59. The largest absolute Gasteiger partial charge is 0.383 e. The van der Waals surface area contributed by atoms with Gasteiger partial charge in [-0.1, -0.05) is 31.2 Å². The molecule has 3 aromatic rings. The van der Waals surface area contributed by atoms with Crippen molar-refractivity contribution in [2.45, 2.75) is 38.6 Å². The van der Waals surface area contributed by atoms with Crippen LogP contribution >= 0.6 is 0 Å². The van der Waals surface area contributed by atoms with Crippen molar-refractivity contribution in [2.75, 3.05) is 38.7 Å². The number of hydrogen-bond donors (Lipinski definition) is 2. The molecular formula is C28H33F2N5O3. The van der Waals surface area contributed by atoms with Crippen molar-refractivity contribution in [1.29, 1.82) is 0 Å². The smallest absolute Gasteiger partial charge is 0.320 e. The SMILES string of the molecule is CCCC(=O)c1nn(-c2ccccc2)c(NC(=O)N[C@@H]2CN(CCOC)C[C@H]2c2ccc(F)c(F)c2)c1C. The number of carbonyl (C=O) groups excluding carboxylic acids is 2. The van der Waals surface area contributed by atoms with Crippen LogP contribution < -0.4 is 10.6 Å². The molecule has 1 fully saturated rings. The number of Topliss-reactive ketones (excluding diaryl/α,β-unsaturated/α-hetero) is 1. The number of ether oxygens (including phenoxy) is 1. The molecule has 2 amide bonds. The summed E-state index contributed by atoms with van der Waals surface area (Å²) < 4.78 is 34.4. The Morgan fingerprint density at radius 1 is 1.11 bits per heavy atom. The fourth-order valence-electron chi connectivity index (χ4n) is 4.84. The number of aromatic nitrogens is 2. The van der Waals surface area contributed by atoms with E-state index in [-0.39, 0.29) is 17.7 Å². The Bertz CT molecular complexity index is 1280. The number of urea groups is 1. The van der Waals surface area contributed by atoms with E-state index in [2.05, 4.69) is 20.6 Å². The van der Waals surface area contributed by atoms with Crippen LogP contribution in [0.15, 0.2) is 48.5 Å². The fourth-order valence-corrected chi connectivity index (χ4v) is 4.84. The maximum Gasteiger partial charge on any atom is 0.320 e. The number of anilines is 1. The number of rotatable bonds is 10. The molecule has 2 heterocycles. The molecule has 38 heavy (non-hydrogen) atoms. The van der Waals surface area contributed by atoms with E-state index in [1.807, 2.05) is 37.3 Å². The average molecular weight is 526 g/mol. The second kappa shape index (κ2) is 12.3. The molecule has 2 aromatic carbocycles. The number of amides is 2. The Labute approximate surface area is 221 Å². The van der Waals surface area contributed by atoms with Gasteiger partial charge in [-0.25, -0.2) is 18.3 Å². The van der Waals surface area contributed by atoms with Gasteiger partial charge in [-0.3, -0.25) is 15.0 Å². The molecule has 2 N–H and O–H groups in total. The maximum atomic E-state index is 14.0. The quantitative estimate of drug-likeness (QED) is 0.376. The molecule has 0 radical (unpaired) electrons. The van der Waals surface area contributed by atoms with Crippen LogP contribution in [0.2, 0.25) is 0 Å². The topological polar surface area (TPSA) is 88.5 Å². The molecule has 10 heteroatoms. The number of ketones is 1. The number of methoxy groups -OCH3 is 1. The number of nitrogens with zero attached hydrogens (tertiary/aromatic N) is 3. The molecule has 1 aliphatic rings. The Morgan fingerprint density at radius 3 is 2.55 bits per heavy atom. The van der Waals surface area contributed by atoms with Gasteiger partial charge in [0.2, 0.25) is 0 Å². The summed E-state index contributed by atoms with van der Waals surface area (Å²) in [4.78, 5) is 28.1. The Kier molecular flexibility index (Phi) is 8.85. The molecule has 0 unspecified atom stereocenters. The first-order chi connectivity index (χ1) is 18.3. The lowest BCUT2D eigenvalue weighted by Gasteiger charge is -2.21. The Morgan fingerprint density at radius 2 is 1.87 bits per heavy atom. The minimum absolute atomic E-state index is 0.0916. The number of benzene rings is 2. The van der Waals surface area contributed by atoms with Gasteiger partial charge in [0, 0.05) is 44.6 Å². The summed E-state index contributed by atoms with van der Waals surface area (Å²) >= 11 is 0. The summed E-state index contributed by atoms with van der Waals surface area (Å²) in [7, 11) is 1.61. The monoisotopic (exact) mass is 525 g/mol. The highest BCUT2D eigenvalue weighted by Crippen LogP contribution is 2.29. The summed E-state index contributed by atoms with van der Waals surface area (Å²) in [6.45, 7) is 5.90. The molecule has 0 aliphatic carbocycles. The van der Waals surface area contributed by atoms with Gasteiger partial charge in [0.25, 0.3) is 0 Å². The van der Waals surface area contributed by atoms with Crippen molar-refractivity contribution in [1.82, 2.24) is 20.0 Å².